The fraction of sp³-hybridized carbons (Fsp3) is 0.300. The molecule has 3 nitrogen and oxygen atoms in total. The highest BCUT2D eigenvalue weighted by atomic mass is 79.9. The van der Waals surface area contributed by atoms with Gasteiger partial charge in [0.2, 0.25) is 0 Å². The number of halogens is 1. The average molecular weight is 258 g/mol. The molecule has 0 unspecified atom stereocenters. The zero-order valence-electron chi connectivity index (χ0n) is 7.61. The first-order valence-corrected chi connectivity index (χ1v) is 5.10. The summed E-state index contributed by atoms with van der Waals surface area (Å²) in [6.07, 6.45) is 0.477. The van der Waals surface area contributed by atoms with Crippen LogP contribution in [0.3, 0.4) is 0 Å². The van der Waals surface area contributed by atoms with Crippen molar-refractivity contribution in [2.24, 2.45) is 11.7 Å². The minimum Gasteiger partial charge on any atom is -0.481 e. The van der Waals surface area contributed by atoms with Gasteiger partial charge in [0.25, 0.3) is 0 Å². The molecule has 3 N–H and O–H groups in total. The molecule has 0 saturated heterocycles. The second-order valence-corrected chi connectivity index (χ2v) is 4.02. The van der Waals surface area contributed by atoms with Crippen molar-refractivity contribution in [3.05, 3.63) is 34.3 Å². The van der Waals surface area contributed by atoms with Crippen LogP contribution in [0.15, 0.2) is 28.7 Å². The Morgan fingerprint density at radius 1 is 1.57 bits per heavy atom. The second kappa shape index (κ2) is 5.12. The van der Waals surface area contributed by atoms with Crippen LogP contribution >= 0.6 is 15.9 Å². The molecule has 4 heteroatoms. The summed E-state index contributed by atoms with van der Waals surface area (Å²) in [5, 5.41) is 8.81. The Morgan fingerprint density at radius 3 is 2.79 bits per heavy atom. The van der Waals surface area contributed by atoms with Gasteiger partial charge in [-0.3, -0.25) is 4.79 Å². The summed E-state index contributed by atoms with van der Waals surface area (Å²) in [4.78, 5) is 10.7. The third kappa shape index (κ3) is 3.12. The van der Waals surface area contributed by atoms with Gasteiger partial charge in [-0.15, -0.1) is 0 Å². The van der Waals surface area contributed by atoms with Crippen LogP contribution in [0.2, 0.25) is 0 Å². The van der Waals surface area contributed by atoms with E-state index in [0.29, 0.717) is 6.42 Å². The molecule has 0 bridgehead atoms. The largest absolute Gasteiger partial charge is 0.481 e. The Kier molecular flexibility index (Phi) is 4.10. The van der Waals surface area contributed by atoms with Gasteiger partial charge in [0.05, 0.1) is 5.92 Å². The molecule has 0 aliphatic heterocycles. The first kappa shape index (κ1) is 11.2. The van der Waals surface area contributed by atoms with E-state index in [-0.39, 0.29) is 6.54 Å². The zero-order chi connectivity index (χ0) is 10.6. The van der Waals surface area contributed by atoms with E-state index in [2.05, 4.69) is 15.9 Å². The first-order valence-electron chi connectivity index (χ1n) is 4.31. The van der Waals surface area contributed by atoms with Crippen LogP contribution in [0, 0.1) is 5.92 Å². The van der Waals surface area contributed by atoms with E-state index >= 15 is 0 Å². The number of hydrogen-bond acceptors (Lipinski definition) is 2. The maximum atomic E-state index is 10.7. The lowest BCUT2D eigenvalue weighted by atomic mass is 10.00. The Balaban J connectivity index is 2.72. The Bertz CT molecular complexity index is 328. The molecule has 0 aliphatic carbocycles. The summed E-state index contributed by atoms with van der Waals surface area (Å²) < 4.78 is 0.955. The number of carbonyl (C=O) groups is 1. The predicted octanol–water partition coefficient (Wildman–Crippen LogP) is 1.65. The third-order valence-electron chi connectivity index (χ3n) is 2.00. The molecule has 76 valence electrons. The van der Waals surface area contributed by atoms with Crippen LogP contribution in [0.1, 0.15) is 5.56 Å². The van der Waals surface area contributed by atoms with Crippen LogP contribution in [-0.2, 0) is 11.2 Å². The number of rotatable bonds is 4. The van der Waals surface area contributed by atoms with Gasteiger partial charge in [-0.2, -0.15) is 0 Å². The zero-order valence-corrected chi connectivity index (χ0v) is 9.20. The van der Waals surface area contributed by atoms with Gasteiger partial charge in [-0.25, -0.2) is 0 Å². The van der Waals surface area contributed by atoms with E-state index in [1.807, 2.05) is 24.3 Å². The quantitative estimate of drug-likeness (QED) is 0.863. The summed E-state index contributed by atoms with van der Waals surface area (Å²) in [7, 11) is 0. The molecule has 1 atom stereocenters. The normalized spacial score (nSPS) is 12.4. The summed E-state index contributed by atoms with van der Waals surface area (Å²) in [6.45, 7) is 0.168. The summed E-state index contributed by atoms with van der Waals surface area (Å²) >= 11 is 3.33. The molecular weight excluding hydrogens is 246 g/mol. The number of nitrogens with two attached hydrogens (primary N) is 1. The number of carboxylic acids is 1. The highest BCUT2D eigenvalue weighted by molar-refractivity contribution is 9.10. The number of hydrogen-bond donors (Lipinski definition) is 2. The molecule has 0 aromatic heterocycles. The van der Waals surface area contributed by atoms with E-state index in [9.17, 15) is 4.79 Å². The van der Waals surface area contributed by atoms with Crippen LogP contribution in [0.25, 0.3) is 0 Å². The van der Waals surface area contributed by atoms with E-state index in [1.165, 1.54) is 0 Å². The summed E-state index contributed by atoms with van der Waals surface area (Å²) in [6, 6.07) is 7.60. The van der Waals surface area contributed by atoms with Gasteiger partial charge in [0.1, 0.15) is 0 Å². The minimum atomic E-state index is -0.840. The van der Waals surface area contributed by atoms with E-state index in [0.717, 1.165) is 10.0 Å². The van der Waals surface area contributed by atoms with Crippen molar-refractivity contribution in [2.45, 2.75) is 6.42 Å². The van der Waals surface area contributed by atoms with E-state index in [4.69, 9.17) is 10.8 Å². The lowest BCUT2D eigenvalue weighted by molar-refractivity contribution is -0.141. The van der Waals surface area contributed by atoms with Gasteiger partial charge >= 0.3 is 5.97 Å². The van der Waals surface area contributed by atoms with Crippen molar-refractivity contribution in [3.8, 4) is 0 Å². The van der Waals surface area contributed by atoms with Crippen LogP contribution in [0.4, 0.5) is 0 Å². The van der Waals surface area contributed by atoms with Gasteiger partial charge in [0, 0.05) is 11.0 Å². The molecule has 0 radical (unpaired) electrons. The Labute approximate surface area is 91.1 Å². The molecule has 0 fully saturated rings. The summed E-state index contributed by atoms with van der Waals surface area (Å²) in [5.74, 6) is -1.34. The number of carboxylic acid groups (broad SMARTS) is 1. The molecular formula is C10H12BrNO2. The minimum absolute atomic E-state index is 0.168. The van der Waals surface area contributed by atoms with Crippen molar-refractivity contribution in [1.29, 1.82) is 0 Å². The molecule has 0 aliphatic rings. The third-order valence-corrected chi connectivity index (χ3v) is 2.50. The van der Waals surface area contributed by atoms with Crippen molar-refractivity contribution in [3.63, 3.8) is 0 Å². The van der Waals surface area contributed by atoms with Gasteiger partial charge in [-0.05, 0) is 24.1 Å². The first-order chi connectivity index (χ1) is 6.63. The van der Waals surface area contributed by atoms with E-state index < -0.39 is 11.9 Å². The fourth-order valence-electron chi connectivity index (χ4n) is 1.22. The molecule has 0 spiro atoms. The molecule has 0 heterocycles. The molecule has 0 amide bonds. The second-order valence-electron chi connectivity index (χ2n) is 3.10. The van der Waals surface area contributed by atoms with Crippen molar-refractivity contribution in [2.75, 3.05) is 6.54 Å². The van der Waals surface area contributed by atoms with Crippen molar-refractivity contribution in [1.82, 2.24) is 0 Å². The highest BCUT2D eigenvalue weighted by Crippen LogP contribution is 2.14. The maximum Gasteiger partial charge on any atom is 0.308 e. The van der Waals surface area contributed by atoms with Crippen LogP contribution in [-0.4, -0.2) is 17.6 Å². The van der Waals surface area contributed by atoms with Crippen LogP contribution in [0.5, 0.6) is 0 Å². The van der Waals surface area contributed by atoms with E-state index in [1.54, 1.807) is 0 Å². The van der Waals surface area contributed by atoms with Crippen LogP contribution < -0.4 is 5.73 Å². The van der Waals surface area contributed by atoms with Gasteiger partial charge in [0.15, 0.2) is 0 Å². The van der Waals surface area contributed by atoms with Gasteiger partial charge in [-0.1, -0.05) is 28.1 Å². The fourth-order valence-corrected chi connectivity index (χ4v) is 1.67. The lowest BCUT2D eigenvalue weighted by Crippen LogP contribution is -2.25. The number of aliphatic carboxylic acids is 1. The Hall–Kier alpha value is -0.870. The van der Waals surface area contributed by atoms with Crippen molar-refractivity contribution < 1.29 is 9.90 Å². The molecule has 0 saturated carbocycles. The topological polar surface area (TPSA) is 63.3 Å². The SMILES string of the molecule is NC[C@H](Cc1cccc(Br)c1)C(=O)O. The average Bonchev–Trinajstić information content (AvgIpc) is 2.14. The predicted molar refractivity (Wildman–Crippen MR) is 58.0 cm³/mol. The van der Waals surface area contributed by atoms with Gasteiger partial charge < -0.3 is 10.8 Å². The highest BCUT2D eigenvalue weighted by Gasteiger charge is 2.15. The van der Waals surface area contributed by atoms with Crippen molar-refractivity contribution >= 4 is 21.9 Å². The molecule has 14 heavy (non-hydrogen) atoms. The number of benzene rings is 1. The molecule has 1 aromatic rings. The monoisotopic (exact) mass is 257 g/mol. The Morgan fingerprint density at radius 2 is 2.29 bits per heavy atom. The maximum absolute atomic E-state index is 10.7. The molecule has 1 aromatic carbocycles. The lowest BCUT2D eigenvalue weighted by Gasteiger charge is -2.09. The standard InChI is InChI=1S/C10H12BrNO2/c11-9-3-1-2-7(5-9)4-8(6-12)10(13)14/h1-3,5,8H,4,6,12H2,(H,13,14)/t8-/m0/s1. The summed E-state index contributed by atoms with van der Waals surface area (Å²) in [5.41, 5.74) is 6.35. The smallest absolute Gasteiger partial charge is 0.308 e. The molecule has 1 rings (SSSR count).